The Kier molecular flexibility index (Phi) is 6.96. The molecule has 124 valence electrons. The van der Waals surface area contributed by atoms with Gasteiger partial charge in [-0.05, 0) is 38.7 Å². The van der Waals surface area contributed by atoms with Gasteiger partial charge in [-0.2, -0.15) is 0 Å². The summed E-state index contributed by atoms with van der Waals surface area (Å²) in [6.07, 6.45) is 0. The first-order valence-electron chi connectivity index (χ1n) is 8.27. The Morgan fingerprint density at radius 3 is 2.73 bits per heavy atom. The fraction of sp³-hybridized carbons (Fsp3) is 0.647. The van der Waals surface area contributed by atoms with Crippen LogP contribution < -0.4 is 20.3 Å². The molecule has 22 heavy (non-hydrogen) atoms. The zero-order valence-corrected chi connectivity index (χ0v) is 14.2. The first-order chi connectivity index (χ1) is 10.7. The van der Waals surface area contributed by atoms with Crippen LogP contribution in [0.1, 0.15) is 12.5 Å². The van der Waals surface area contributed by atoms with E-state index in [9.17, 15) is 0 Å². The summed E-state index contributed by atoms with van der Waals surface area (Å²) in [4.78, 5) is 4.59. The van der Waals surface area contributed by atoms with Gasteiger partial charge in [-0.25, -0.2) is 0 Å². The Morgan fingerprint density at radius 2 is 2.05 bits per heavy atom. The maximum atomic E-state index is 5.88. The molecule has 1 aromatic rings. The van der Waals surface area contributed by atoms with Gasteiger partial charge in [0.05, 0.1) is 12.3 Å². The van der Waals surface area contributed by atoms with Gasteiger partial charge in [-0.15, -0.1) is 0 Å². The predicted octanol–water partition coefficient (Wildman–Crippen LogP) is 1.15. The zero-order chi connectivity index (χ0) is 15.8. The van der Waals surface area contributed by atoms with Crippen molar-refractivity contribution in [2.24, 2.45) is 0 Å². The summed E-state index contributed by atoms with van der Waals surface area (Å²) in [5, 5.41) is 6.87. The lowest BCUT2D eigenvalue weighted by molar-refractivity contribution is 0.339. The number of likely N-dealkylation sites (N-methyl/N-ethyl adjacent to an activating group) is 1. The van der Waals surface area contributed by atoms with Gasteiger partial charge in [0.25, 0.3) is 0 Å². The standard InChI is InChI=1S/C17H30N4O/c1-4-22-17-13-15(14-19-7-10-20(2)3)5-6-16(17)21-11-8-18-9-12-21/h5-6,13,18-19H,4,7-12,14H2,1-3H3. The number of benzene rings is 1. The Bertz CT molecular complexity index is 444. The van der Waals surface area contributed by atoms with Gasteiger partial charge >= 0.3 is 0 Å². The van der Waals surface area contributed by atoms with E-state index in [1.807, 2.05) is 6.92 Å². The fourth-order valence-electron chi connectivity index (χ4n) is 2.64. The van der Waals surface area contributed by atoms with Gasteiger partial charge in [0.2, 0.25) is 0 Å². The Labute approximate surface area is 134 Å². The summed E-state index contributed by atoms with van der Waals surface area (Å²) in [5.74, 6) is 1.01. The number of anilines is 1. The Morgan fingerprint density at radius 1 is 1.27 bits per heavy atom. The molecule has 0 aromatic heterocycles. The first-order valence-corrected chi connectivity index (χ1v) is 8.27. The number of nitrogens with one attached hydrogen (secondary N) is 2. The molecule has 0 aliphatic carbocycles. The molecule has 0 bridgehead atoms. The van der Waals surface area contributed by atoms with E-state index < -0.39 is 0 Å². The van der Waals surface area contributed by atoms with E-state index in [0.717, 1.165) is 51.6 Å². The maximum absolute atomic E-state index is 5.88. The number of piperazine rings is 1. The van der Waals surface area contributed by atoms with E-state index in [1.165, 1.54) is 11.3 Å². The molecule has 1 heterocycles. The summed E-state index contributed by atoms with van der Waals surface area (Å²) in [6.45, 7) is 9.85. The molecule has 0 saturated carbocycles. The van der Waals surface area contributed by atoms with Crippen molar-refractivity contribution in [1.82, 2.24) is 15.5 Å². The molecule has 0 radical (unpaired) electrons. The summed E-state index contributed by atoms with van der Waals surface area (Å²) in [7, 11) is 4.19. The van der Waals surface area contributed by atoms with Crippen LogP contribution in [0.15, 0.2) is 18.2 Å². The van der Waals surface area contributed by atoms with Crippen molar-refractivity contribution in [2.75, 3.05) is 64.9 Å². The van der Waals surface area contributed by atoms with Gasteiger partial charge < -0.3 is 25.2 Å². The lowest BCUT2D eigenvalue weighted by Crippen LogP contribution is -2.43. The highest BCUT2D eigenvalue weighted by atomic mass is 16.5. The summed E-state index contributed by atoms with van der Waals surface area (Å²) in [5.41, 5.74) is 2.50. The van der Waals surface area contributed by atoms with E-state index in [0.29, 0.717) is 6.61 Å². The third-order valence-corrected chi connectivity index (χ3v) is 3.85. The molecule has 0 unspecified atom stereocenters. The smallest absolute Gasteiger partial charge is 0.142 e. The molecule has 1 saturated heterocycles. The molecule has 0 atom stereocenters. The van der Waals surface area contributed by atoms with Gasteiger partial charge in [0.1, 0.15) is 5.75 Å². The number of nitrogens with zero attached hydrogens (tertiary/aromatic N) is 2. The monoisotopic (exact) mass is 306 g/mol. The SMILES string of the molecule is CCOc1cc(CNCCN(C)C)ccc1N1CCNCC1. The van der Waals surface area contributed by atoms with Crippen molar-refractivity contribution in [2.45, 2.75) is 13.5 Å². The van der Waals surface area contributed by atoms with Crippen molar-refractivity contribution in [3.05, 3.63) is 23.8 Å². The quantitative estimate of drug-likeness (QED) is 0.705. The second-order valence-electron chi connectivity index (χ2n) is 5.95. The molecule has 1 aromatic carbocycles. The Balaban J connectivity index is 1.99. The second kappa shape index (κ2) is 8.98. The highest BCUT2D eigenvalue weighted by molar-refractivity contribution is 5.60. The number of hydrogen-bond donors (Lipinski definition) is 2. The molecule has 1 fully saturated rings. The molecule has 1 aliphatic heterocycles. The molecular formula is C17H30N4O. The minimum absolute atomic E-state index is 0.705. The molecule has 1 aliphatic rings. The van der Waals surface area contributed by atoms with Crippen molar-refractivity contribution in [3.8, 4) is 5.75 Å². The molecule has 0 amide bonds. The van der Waals surface area contributed by atoms with Crippen LogP contribution in [0.5, 0.6) is 5.75 Å². The molecule has 2 rings (SSSR count). The van der Waals surface area contributed by atoms with Crippen LogP contribution in [0.3, 0.4) is 0 Å². The van der Waals surface area contributed by atoms with Crippen molar-refractivity contribution in [3.63, 3.8) is 0 Å². The van der Waals surface area contributed by atoms with Crippen LogP contribution in [-0.4, -0.2) is 64.9 Å². The lowest BCUT2D eigenvalue weighted by atomic mass is 10.1. The van der Waals surface area contributed by atoms with E-state index >= 15 is 0 Å². The normalized spacial score (nSPS) is 15.4. The first kappa shape index (κ1) is 17.1. The van der Waals surface area contributed by atoms with Crippen LogP contribution >= 0.6 is 0 Å². The second-order valence-corrected chi connectivity index (χ2v) is 5.95. The minimum atomic E-state index is 0.705. The highest BCUT2D eigenvalue weighted by Gasteiger charge is 2.15. The fourth-order valence-corrected chi connectivity index (χ4v) is 2.64. The van der Waals surface area contributed by atoms with E-state index in [2.05, 4.69) is 52.7 Å². The third kappa shape index (κ3) is 5.16. The van der Waals surface area contributed by atoms with Gasteiger partial charge in [-0.3, -0.25) is 0 Å². The van der Waals surface area contributed by atoms with Crippen molar-refractivity contribution >= 4 is 5.69 Å². The lowest BCUT2D eigenvalue weighted by Gasteiger charge is -2.31. The minimum Gasteiger partial charge on any atom is -0.492 e. The van der Waals surface area contributed by atoms with Crippen LogP contribution in [0.2, 0.25) is 0 Å². The zero-order valence-electron chi connectivity index (χ0n) is 14.2. The average Bonchev–Trinajstić information content (AvgIpc) is 2.53. The van der Waals surface area contributed by atoms with E-state index in [1.54, 1.807) is 0 Å². The van der Waals surface area contributed by atoms with Crippen LogP contribution in [0, 0.1) is 0 Å². The van der Waals surface area contributed by atoms with Crippen molar-refractivity contribution < 1.29 is 4.74 Å². The van der Waals surface area contributed by atoms with Crippen LogP contribution in [0.25, 0.3) is 0 Å². The molecular weight excluding hydrogens is 276 g/mol. The number of ether oxygens (including phenoxy) is 1. The Hall–Kier alpha value is -1.30. The molecule has 0 spiro atoms. The molecule has 5 heteroatoms. The van der Waals surface area contributed by atoms with Gasteiger partial charge in [0.15, 0.2) is 0 Å². The van der Waals surface area contributed by atoms with Crippen LogP contribution in [0.4, 0.5) is 5.69 Å². The molecule has 2 N–H and O–H groups in total. The largest absolute Gasteiger partial charge is 0.492 e. The highest BCUT2D eigenvalue weighted by Crippen LogP contribution is 2.30. The van der Waals surface area contributed by atoms with Crippen LogP contribution in [-0.2, 0) is 6.54 Å². The van der Waals surface area contributed by atoms with Gasteiger partial charge in [-0.1, -0.05) is 6.07 Å². The summed E-state index contributed by atoms with van der Waals surface area (Å²) < 4.78 is 5.88. The van der Waals surface area contributed by atoms with E-state index in [4.69, 9.17) is 4.74 Å². The predicted molar refractivity (Wildman–Crippen MR) is 93.0 cm³/mol. The number of rotatable bonds is 8. The van der Waals surface area contributed by atoms with Crippen molar-refractivity contribution in [1.29, 1.82) is 0 Å². The number of hydrogen-bond acceptors (Lipinski definition) is 5. The molecule has 5 nitrogen and oxygen atoms in total. The topological polar surface area (TPSA) is 39.8 Å². The van der Waals surface area contributed by atoms with Gasteiger partial charge in [0, 0.05) is 45.8 Å². The summed E-state index contributed by atoms with van der Waals surface area (Å²) >= 11 is 0. The average molecular weight is 306 g/mol. The maximum Gasteiger partial charge on any atom is 0.142 e. The van der Waals surface area contributed by atoms with E-state index in [-0.39, 0.29) is 0 Å². The summed E-state index contributed by atoms with van der Waals surface area (Å²) in [6, 6.07) is 6.60. The third-order valence-electron chi connectivity index (χ3n) is 3.85.